The first kappa shape index (κ1) is 12.9. The van der Waals surface area contributed by atoms with E-state index in [2.05, 4.69) is 26.8 Å². The van der Waals surface area contributed by atoms with E-state index in [1.807, 2.05) is 0 Å². The lowest BCUT2D eigenvalue weighted by Crippen LogP contribution is -2.21. The van der Waals surface area contributed by atoms with Crippen LogP contribution in [-0.4, -0.2) is 11.8 Å². The zero-order valence-electron chi connectivity index (χ0n) is 11.7. The summed E-state index contributed by atoms with van der Waals surface area (Å²) in [5.41, 5.74) is 2.87. The fourth-order valence-corrected chi connectivity index (χ4v) is 3.03. The molecule has 0 aromatic rings. The zero-order chi connectivity index (χ0) is 12.3. The van der Waals surface area contributed by atoms with E-state index >= 15 is 0 Å². The molecule has 1 saturated carbocycles. The summed E-state index contributed by atoms with van der Waals surface area (Å²) in [4.78, 5) is 5.06. The summed E-state index contributed by atoms with van der Waals surface area (Å²) in [7, 11) is 0. The summed E-state index contributed by atoms with van der Waals surface area (Å²) in [6.07, 6.45) is 11.7. The highest BCUT2D eigenvalue weighted by molar-refractivity contribution is 6.00. The molecule has 2 aliphatic rings. The van der Waals surface area contributed by atoms with Crippen molar-refractivity contribution in [2.24, 2.45) is 16.8 Å². The Morgan fingerprint density at radius 1 is 1.18 bits per heavy atom. The Kier molecular flexibility index (Phi) is 4.42. The van der Waals surface area contributed by atoms with Crippen LogP contribution in [0.4, 0.5) is 0 Å². The van der Waals surface area contributed by atoms with Gasteiger partial charge in [-0.05, 0) is 50.0 Å². The summed E-state index contributed by atoms with van der Waals surface area (Å²) < 4.78 is 0. The fourth-order valence-electron chi connectivity index (χ4n) is 3.03. The molecule has 96 valence electrons. The molecule has 17 heavy (non-hydrogen) atoms. The maximum atomic E-state index is 5.06. The van der Waals surface area contributed by atoms with Crippen molar-refractivity contribution in [1.82, 2.24) is 0 Å². The van der Waals surface area contributed by atoms with E-state index in [1.165, 1.54) is 56.2 Å². The molecule has 0 aliphatic heterocycles. The van der Waals surface area contributed by atoms with Gasteiger partial charge >= 0.3 is 0 Å². The largest absolute Gasteiger partial charge is 0.286 e. The Hall–Kier alpha value is -0.590. The van der Waals surface area contributed by atoms with Gasteiger partial charge in [0, 0.05) is 5.71 Å². The molecule has 1 atom stereocenters. The van der Waals surface area contributed by atoms with Crippen LogP contribution in [0.25, 0.3) is 0 Å². The minimum absolute atomic E-state index is 0.632. The maximum absolute atomic E-state index is 5.06. The Bertz CT molecular complexity index is 305. The second kappa shape index (κ2) is 5.84. The first-order chi connectivity index (χ1) is 8.16. The average molecular weight is 233 g/mol. The number of hydrogen-bond acceptors (Lipinski definition) is 1. The highest BCUT2D eigenvalue weighted by atomic mass is 14.8. The fraction of sp³-hybridized carbons (Fsp3) is 0.812. The topological polar surface area (TPSA) is 12.4 Å². The molecule has 1 nitrogen and oxygen atoms in total. The second-order valence-corrected chi connectivity index (χ2v) is 6.20. The van der Waals surface area contributed by atoms with Crippen molar-refractivity contribution in [3.05, 3.63) is 11.6 Å². The smallest absolute Gasteiger partial charge is 0.0503 e. The molecule has 0 amide bonds. The molecule has 0 aromatic heterocycles. The van der Waals surface area contributed by atoms with Crippen LogP contribution < -0.4 is 0 Å². The van der Waals surface area contributed by atoms with Crippen LogP contribution in [0.15, 0.2) is 16.6 Å². The van der Waals surface area contributed by atoms with Gasteiger partial charge in [0.2, 0.25) is 0 Å². The maximum Gasteiger partial charge on any atom is 0.0503 e. The lowest BCUT2D eigenvalue weighted by molar-refractivity contribution is 0.392. The van der Waals surface area contributed by atoms with Gasteiger partial charge in [-0.3, -0.25) is 4.99 Å². The Morgan fingerprint density at radius 3 is 2.53 bits per heavy atom. The van der Waals surface area contributed by atoms with E-state index < -0.39 is 0 Å². The molecule has 0 aromatic carbocycles. The summed E-state index contributed by atoms with van der Waals surface area (Å²) in [5, 5.41) is 0. The van der Waals surface area contributed by atoms with Crippen molar-refractivity contribution >= 4 is 5.71 Å². The van der Waals surface area contributed by atoms with Gasteiger partial charge in [-0.15, -0.1) is 0 Å². The van der Waals surface area contributed by atoms with Gasteiger partial charge in [-0.25, -0.2) is 0 Å². The predicted octanol–water partition coefficient (Wildman–Crippen LogP) is 4.77. The third-order valence-electron chi connectivity index (χ3n) is 4.49. The molecule has 0 radical (unpaired) electrons. The van der Waals surface area contributed by atoms with Gasteiger partial charge in [-0.2, -0.15) is 0 Å². The van der Waals surface area contributed by atoms with Crippen molar-refractivity contribution in [3.63, 3.8) is 0 Å². The number of nitrogens with zero attached hydrogens (tertiary/aromatic N) is 1. The Balaban J connectivity index is 2.04. The van der Waals surface area contributed by atoms with Crippen molar-refractivity contribution < 1.29 is 0 Å². The monoisotopic (exact) mass is 233 g/mol. The van der Waals surface area contributed by atoms with E-state index in [1.54, 1.807) is 0 Å². The second-order valence-electron chi connectivity index (χ2n) is 6.20. The number of allylic oxidation sites excluding steroid dienone is 2. The van der Waals surface area contributed by atoms with E-state index in [0.717, 1.165) is 11.8 Å². The molecule has 0 bridgehead atoms. The molecule has 0 spiro atoms. The van der Waals surface area contributed by atoms with Crippen LogP contribution in [0.1, 0.15) is 65.7 Å². The molecule has 1 heteroatoms. The predicted molar refractivity (Wildman–Crippen MR) is 75.6 cm³/mol. The normalized spacial score (nSPS) is 29.8. The summed E-state index contributed by atoms with van der Waals surface area (Å²) >= 11 is 0. The van der Waals surface area contributed by atoms with Crippen LogP contribution in [0, 0.1) is 11.8 Å². The first-order valence-electron chi connectivity index (χ1n) is 7.40. The number of aliphatic imine (C=N–C) groups is 1. The molecule has 0 saturated heterocycles. The van der Waals surface area contributed by atoms with Gasteiger partial charge in [0.15, 0.2) is 0 Å². The quantitative estimate of drug-likeness (QED) is 0.651. The summed E-state index contributed by atoms with van der Waals surface area (Å²) in [6, 6.07) is 0.632. The van der Waals surface area contributed by atoms with Gasteiger partial charge in [0.25, 0.3) is 0 Å². The molecule has 0 unspecified atom stereocenters. The lowest BCUT2D eigenvalue weighted by atomic mass is 9.81. The minimum atomic E-state index is 0.632. The van der Waals surface area contributed by atoms with Crippen LogP contribution in [0.2, 0.25) is 0 Å². The Labute approximate surface area is 106 Å². The highest BCUT2D eigenvalue weighted by Gasteiger charge is 2.22. The molecule has 2 aliphatic carbocycles. The molecule has 0 heterocycles. The van der Waals surface area contributed by atoms with Crippen LogP contribution in [-0.2, 0) is 0 Å². The summed E-state index contributed by atoms with van der Waals surface area (Å²) in [5.74, 6) is 1.61. The Morgan fingerprint density at radius 2 is 1.88 bits per heavy atom. The molecule has 1 fully saturated rings. The SMILES string of the molecule is CC1=CC[C@H](C(C)C)CC1=NC1CCCCC1. The van der Waals surface area contributed by atoms with Gasteiger partial charge < -0.3 is 0 Å². The van der Waals surface area contributed by atoms with Crippen molar-refractivity contribution in [1.29, 1.82) is 0 Å². The molecular weight excluding hydrogens is 206 g/mol. The van der Waals surface area contributed by atoms with Gasteiger partial charge in [0.1, 0.15) is 0 Å². The average Bonchev–Trinajstić information content (AvgIpc) is 2.33. The highest BCUT2D eigenvalue weighted by Crippen LogP contribution is 2.29. The van der Waals surface area contributed by atoms with Crippen LogP contribution in [0.3, 0.4) is 0 Å². The van der Waals surface area contributed by atoms with Crippen molar-refractivity contribution in [3.8, 4) is 0 Å². The number of hydrogen-bond donors (Lipinski definition) is 0. The third kappa shape index (κ3) is 3.43. The third-order valence-corrected chi connectivity index (χ3v) is 4.49. The van der Waals surface area contributed by atoms with E-state index in [-0.39, 0.29) is 0 Å². The standard InChI is InChI=1S/C16H27N/c1-12(2)14-10-9-13(3)16(11-14)17-15-7-5-4-6-8-15/h9,12,14-15H,4-8,10-11H2,1-3H3/t14-/m0/s1. The van der Waals surface area contributed by atoms with Crippen LogP contribution >= 0.6 is 0 Å². The molecular formula is C16H27N. The van der Waals surface area contributed by atoms with E-state index in [0.29, 0.717) is 6.04 Å². The summed E-state index contributed by atoms with van der Waals surface area (Å²) in [6.45, 7) is 6.94. The van der Waals surface area contributed by atoms with E-state index in [9.17, 15) is 0 Å². The van der Waals surface area contributed by atoms with Gasteiger partial charge in [-0.1, -0.05) is 39.2 Å². The van der Waals surface area contributed by atoms with Gasteiger partial charge in [0.05, 0.1) is 6.04 Å². The zero-order valence-corrected chi connectivity index (χ0v) is 11.7. The minimum Gasteiger partial charge on any atom is -0.286 e. The first-order valence-corrected chi connectivity index (χ1v) is 7.40. The number of rotatable bonds is 2. The van der Waals surface area contributed by atoms with Crippen molar-refractivity contribution in [2.75, 3.05) is 0 Å². The van der Waals surface area contributed by atoms with Crippen LogP contribution in [0.5, 0.6) is 0 Å². The molecule has 0 N–H and O–H groups in total. The van der Waals surface area contributed by atoms with Crippen molar-refractivity contribution in [2.45, 2.75) is 71.8 Å². The lowest BCUT2D eigenvalue weighted by Gasteiger charge is -2.27. The van der Waals surface area contributed by atoms with E-state index in [4.69, 9.17) is 4.99 Å². The molecule has 2 rings (SSSR count).